The van der Waals surface area contributed by atoms with Gasteiger partial charge in [0, 0.05) is 29.1 Å². The quantitative estimate of drug-likeness (QED) is 0.566. The minimum Gasteiger partial charge on any atom is -0.363 e. The van der Waals surface area contributed by atoms with Crippen molar-refractivity contribution in [3.05, 3.63) is 81.8 Å². The van der Waals surface area contributed by atoms with Gasteiger partial charge in [0.25, 0.3) is 5.56 Å². The minimum atomic E-state index is -0.167. The molecule has 2 heterocycles. The van der Waals surface area contributed by atoms with E-state index >= 15 is 0 Å². The molecular weight excluding hydrogens is 362 g/mol. The molecule has 1 aliphatic carbocycles. The Morgan fingerprint density at radius 3 is 2.66 bits per heavy atom. The number of anilines is 1. The van der Waals surface area contributed by atoms with Crippen LogP contribution >= 0.6 is 0 Å². The lowest BCUT2D eigenvalue weighted by molar-refractivity contribution is 0.763. The average molecular weight is 385 g/mol. The lowest BCUT2D eigenvalue weighted by Crippen LogP contribution is -2.28. The van der Waals surface area contributed by atoms with Gasteiger partial charge in [-0.25, -0.2) is 0 Å². The molecule has 1 N–H and O–H groups in total. The SMILES string of the molecule is Cc1cccc(N(Cc2cc(=O)n3nc(-c4ccccc4)nc3[nH]2)C2CC2)c1C. The second-order valence-corrected chi connectivity index (χ2v) is 7.75. The van der Waals surface area contributed by atoms with Gasteiger partial charge in [0.05, 0.1) is 6.54 Å². The molecule has 0 atom stereocenters. The van der Waals surface area contributed by atoms with E-state index in [9.17, 15) is 4.79 Å². The lowest BCUT2D eigenvalue weighted by Gasteiger charge is -2.27. The summed E-state index contributed by atoms with van der Waals surface area (Å²) in [5.41, 5.74) is 5.38. The summed E-state index contributed by atoms with van der Waals surface area (Å²) in [6.07, 6.45) is 2.37. The van der Waals surface area contributed by atoms with Gasteiger partial charge in [-0.1, -0.05) is 42.5 Å². The molecule has 5 rings (SSSR count). The van der Waals surface area contributed by atoms with Crippen LogP contribution in [0.1, 0.15) is 29.7 Å². The molecule has 29 heavy (non-hydrogen) atoms. The second-order valence-electron chi connectivity index (χ2n) is 7.75. The zero-order valence-corrected chi connectivity index (χ0v) is 16.6. The highest BCUT2D eigenvalue weighted by atomic mass is 16.1. The van der Waals surface area contributed by atoms with Crippen molar-refractivity contribution in [3.8, 4) is 11.4 Å². The highest BCUT2D eigenvalue weighted by Crippen LogP contribution is 2.35. The van der Waals surface area contributed by atoms with E-state index in [0.717, 1.165) is 11.3 Å². The molecule has 1 saturated carbocycles. The summed E-state index contributed by atoms with van der Waals surface area (Å²) in [6.45, 7) is 4.95. The molecule has 0 radical (unpaired) electrons. The van der Waals surface area contributed by atoms with Gasteiger partial charge in [-0.3, -0.25) is 4.79 Å². The topological polar surface area (TPSA) is 66.3 Å². The Labute approximate surface area is 168 Å². The molecule has 0 bridgehead atoms. The van der Waals surface area contributed by atoms with Crippen LogP contribution in [0.15, 0.2) is 59.4 Å². The van der Waals surface area contributed by atoms with Crippen molar-refractivity contribution in [3.63, 3.8) is 0 Å². The van der Waals surface area contributed by atoms with Gasteiger partial charge in [0.2, 0.25) is 5.78 Å². The fourth-order valence-corrected chi connectivity index (χ4v) is 3.76. The van der Waals surface area contributed by atoms with E-state index in [2.05, 4.69) is 52.0 Å². The summed E-state index contributed by atoms with van der Waals surface area (Å²) in [6, 6.07) is 18.3. The zero-order chi connectivity index (χ0) is 20.0. The first-order valence-electron chi connectivity index (χ1n) is 9.97. The fraction of sp³-hybridized carbons (Fsp3) is 0.261. The van der Waals surface area contributed by atoms with Gasteiger partial charge in [-0.15, -0.1) is 5.10 Å². The third-order valence-corrected chi connectivity index (χ3v) is 5.63. The van der Waals surface area contributed by atoms with E-state index in [1.807, 2.05) is 30.3 Å². The summed E-state index contributed by atoms with van der Waals surface area (Å²) in [5.74, 6) is 1.02. The minimum absolute atomic E-state index is 0.167. The van der Waals surface area contributed by atoms with E-state index in [1.54, 1.807) is 6.07 Å². The molecule has 1 fully saturated rings. The monoisotopic (exact) mass is 385 g/mol. The van der Waals surface area contributed by atoms with E-state index < -0.39 is 0 Å². The Kier molecular flexibility index (Phi) is 4.19. The third-order valence-electron chi connectivity index (χ3n) is 5.63. The largest absolute Gasteiger partial charge is 0.363 e. The van der Waals surface area contributed by atoms with Crippen LogP contribution in [0.5, 0.6) is 0 Å². The molecule has 6 nitrogen and oxygen atoms in total. The average Bonchev–Trinajstić information content (AvgIpc) is 3.47. The zero-order valence-electron chi connectivity index (χ0n) is 16.6. The maximum atomic E-state index is 12.7. The van der Waals surface area contributed by atoms with Gasteiger partial charge in [0.1, 0.15) is 0 Å². The number of hydrogen-bond donors (Lipinski definition) is 1. The Hall–Kier alpha value is -3.41. The number of aromatic nitrogens is 4. The number of nitrogens with zero attached hydrogens (tertiary/aromatic N) is 4. The predicted octanol–water partition coefficient (Wildman–Crippen LogP) is 3.87. The van der Waals surface area contributed by atoms with Crippen LogP contribution in [-0.2, 0) is 6.54 Å². The molecule has 6 heteroatoms. The van der Waals surface area contributed by atoms with Crippen molar-refractivity contribution < 1.29 is 0 Å². The third kappa shape index (κ3) is 3.31. The van der Waals surface area contributed by atoms with Crippen molar-refractivity contribution in [2.45, 2.75) is 39.3 Å². The Bertz CT molecular complexity index is 1240. The van der Waals surface area contributed by atoms with Crippen LogP contribution in [0.2, 0.25) is 0 Å². The highest BCUT2D eigenvalue weighted by Gasteiger charge is 2.30. The number of nitrogens with one attached hydrogen (secondary N) is 1. The molecule has 146 valence electrons. The molecule has 0 spiro atoms. The fourth-order valence-electron chi connectivity index (χ4n) is 3.76. The van der Waals surface area contributed by atoms with Crippen LogP contribution < -0.4 is 10.5 Å². The van der Waals surface area contributed by atoms with Crippen molar-refractivity contribution in [2.75, 3.05) is 4.90 Å². The predicted molar refractivity (Wildman–Crippen MR) is 114 cm³/mol. The number of aryl methyl sites for hydroxylation is 1. The number of aromatic amines is 1. The first kappa shape index (κ1) is 17.7. The van der Waals surface area contributed by atoms with Gasteiger partial charge in [0.15, 0.2) is 5.82 Å². The van der Waals surface area contributed by atoms with Crippen LogP contribution in [0, 0.1) is 13.8 Å². The summed E-state index contributed by atoms with van der Waals surface area (Å²) in [4.78, 5) is 23.0. The second kappa shape index (κ2) is 6.88. The van der Waals surface area contributed by atoms with E-state index in [-0.39, 0.29) is 5.56 Å². The maximum absolute atomic E-state index is 12.7. The van der Waals surface area contributed by atoms with E-state index in [0.29, 0.717) is 24.2 Å². The Morgan fingerprint density at radius 2 is 1.90 bits per heavy atom. The number of rotatable bonds is 5. The van der Waals surface area contributed by atoms with Crippen molar-refractivity contribution in [1.29, 1.82) is 0 Å². The standard InChI is InChI=1S/C23H23N5O/c1-15-7-6-10-20(16(15)2)27(19-11-12-19)14-18-13-21(29)28-23(24-18)25-22(26-28)17-8-4-3-5-9-17/h3-10,13,19H,11-12,14H2,1-2H3,(H,24,25,26). The normalized spacial score (nSPS) is 13.7. The van der Waals surface area contributed by atoms with E-state index in [4.69, 9.17) is 0 Å². The molecule has 1 aliphatic rings. The van der Waals surface area contributed by atoms with Crippen molar-refractivity contribution >= 4 is 11.5 Å². The molecule has 0 saturated heterocycles. The molecule has 2 aromatic heterocycles. The van der Waals surface area contributed by atoms with Crippen LogP contribution in [-0.4, -0.2) is 25.6 Å². The van der Waals surface area contributed by atoms with Crippen LogP contribution in [0.4, 0.5) is 5.69 Å². The van der Waals surface area contributed by atoms with Crippen molar-refractivity contribution in [1.82, 2.24) is 19.6 Å². The highest BCUT2D eigenvalue weighted by molar-refractivity contribution is 5.58. The molecule has 2 aromatic carbocycles. The molecule has 0 amide bonds. The Balaban J connectivity index is 1.53. The lowest BCUT2D eigenvalue weighted by atomic mass is 10.1. The number of H-pyrrole nitrogens is 1. The van der Waals surface area contributed by atoms with Crippen LogP contribution in [0.3, 0.4) is 0 Å². The molecule has 0 unspecified atom stereocenters. The smallest absolute Gasteiger partial charge is 0.275 e. The Morgan fingerprint density at radius 1 is 1.10 bits per heavy atom. The number of fused-ring (bicyclic) bond motifs is 1. The van der Waals surface area contributed by atoms with Gasteiger partial charge in [-0.05, 0) is 43.9 Å². The summed E-state index contributed by atoms with van der Waals surface area (Å²) < 4.78 is 1.34. The molecule has 4 aromatic rings. The number of hydrogen-bond acceptors (Lipinski definition) is 4. The van der Waals surface area contributed by atoms with Crippen LogP contribution in [0.25, 0.3) is 17.2 Å². The maximum Gasteiger partial charge on any atom is 0.275 e. The van der Waals surface area contributed by atoms with Crippen molar-refractivity contribution in [2.24, 2.45) is 0 Å². The molecule has 0 aliphatic heterocycles. The van der Waals surface area contributed by atoms with E-state index in [1.165, 1.54) is 34.2 Å². The summed E-state index contributed by atoms with van der Waals surface area (Å²) in [7, 11) is 0. The first-order chi connectivity index (χ1) is 14.1. The van der Waals surface area contributed by atoms with Gasteiger partial charge < -0.3 is 9.88 Å². The summed E-state index contributed by atoms with van der Waals surface area (Å²) >= 11 is 0. The molecular formula is C23H23N5O. The first-order valence-corrected chi connectivity index (χ1v) is 9.97. The van der Waals surface area contributed by atoms with Gasteiger partial charge in [-0.2, -0.15) is 9.50 Å². The summed E-state index contributed by atoms with van der Waals surface area (Å²) in [5, 5.41) is 4.38. The number of benzene rings is 2. The van der Waals surface area contributed by atoms with Gasteiger partial charge >= 0.3 is 0 Å².